The third-order valence-electron chi connectivity index (χ3n) is 6.05. The van der Waals surface area contributed by atoms with Crippen molar-refractivity contribution in [2.45, 2.75) is 69.0 Å². The number of fused-ring (bicyclic) bond motifs is 1. The number of carbonyl (C=O) groups excluding carboxylic acids is 1. The van der Waals surface area contributed by atoms with Crippen molar-refractivity contribution >= 4 is 54.9 Å². The topological polar surface area (TPSA) is 89.9 Å². The average molecular weight is 464 g/mol. The summed E-state index contributed by atoms with van der Waals surface area (Å²) in [5.41, 5.74) is 0.0958. The van der Waals surface area contributed by atoms with Crippen LogP contribution in [0.25, 0.3) is 0 Å². The van der Waals surface area contributed by atoms with Crippen LogP contribution < -0.4 is 0 Å². The highest BCUT2D eigenvalue weighted by Crippen LogP contribution is 2.56. The van der Waals surface area contributed by atoms with Gasteiger partial charge in [-0.2, -0.15) is 0 Å². The van der Waals surface area contributed by atoms with Crippen molar-refractivity contribution < 1.29 is 23.7 Å². The quantitative estimate of drug-likeness (QED) is 0.367. The molecule has 3 heterocycles. The molecular weight excluding hydrogens is 434 g/mol. The number of hydrogen-bond acceptors (Lipinski definition) is 6. The standard InChI is InChI=1S/C18H29NO5S3Si/c1-10(24-28(5,6)18(2,3)4)12-14(20)19-13(16(21)22)17(26-15(12)19)25-11-7-8-27(23)9-11/h10-12,15H,7-9H2,1-6H3,(H,21,22)/t10-,11-,12+,15-,27-/m1/s1. The van der Waals surface area contributed by atoms with E-state index in [4.69, 9.17) is 4.43 Å². The van der Waals surface area contributed by atoms with Gasteiger partial charge in [0.15, 0.2) is 14.0 Å². The SMILES string of the molecule is C[C@@H](O[Si](C)(C)C(C)(C)C)[C@H]1C(=O)N2C(C(=O)O)=C(S[C@@H]3CC[S@@+]([O-])C3)S[C@H]12. The van der Waals surface area contributed by atoms with Crippen molar-refractivity contribution in [2.24, 2.45) is 5.92 Å². The van der Waals surface area contributed by atoms with Crippen molar-refractivity contribution in [1.29, 1.82) is 0 Å². The molecule has 0 aromatic heterocycles. The highest BCUT2D eigenvalue weighted by Gasteiger charge is 2.59. The molecule has 0 aromatic rings. The first-order valence-electron chi connectivity index (χ1n) is 9.50. The van der Waals surface area contributed by atoms with Gasteiger partial charge in [0.2, 0.25) is 5.91 Å². The predicted molar refractivity (Wildman–Crippen MR) is 118 cm³/mol. The molecule has 3 rings (SSSR count). The molecule has 6 nitrogen and oxygen atoms in total. The van der Waals surface area contributed by atoms with Gasteiger partial charge >= 0.3 is 5.97 Å². The Morgan fingerprint density at radius 2 is 2.11 bits per heavy atom. The van der Waals surface area contributed by atoms with E-state index in [0.717, 1.165) is 6.42 Å². The summed E-state index contributed by atoms with van der Waals surface area (Å²) in [5, 5.41) is 9.69. The summed E-state index contributed by atoms with van der Waals surface area (Å²) in [6.07, 6.45) is 0.571. The number of carboxylic acid groups (broad SMARTS) is 1. The summed E-state index contributed by atoms with van der Waals surface area (Å²) in [6.45, 7) is 12.7. The molecule has 0 aliphatic carbocycles. The molecular formula is C18H29NO5S3Si. The third-order valence-corrected chi connectivity index (χ3v) is 15.2. The molecule has 0 bridgehead atoms. The molecule has 5 atom stereocenters. The fourth-order valence-electron chi connectivity index (χ4n) is 3.42. The van der Waals surface area contributed by atoms with Crippen LogP contribution in [0.3, 0.4) is 0 Å². The van der Waals surface area contributed by atoms with Gasteiger partial charge in [-0.05, 0) is 25.1 Å². The summed E-state index contributed by atoms with van der Waals surface area (Å²) < 4.78 is 18.8. The number of carboxylic acids is 1. The van der Waals surface area contributed by atoms with E-state index in [0.29, 0.717) is 15.7 Å². The largest absolute Gasteiger partial charge is 0.616 e. The lowest BCUT2D eigenvalue weighted by Gasteiger charge is -2.48. The van der Waals surface area contributed by atoms with Crippen LogP contribution in [-0.2, 0) is 25.2 Å². The van der Waals surface area contributed by atoms with Crippen molar-refractivity contribution in [3.63, 3.8) is 0 Å². The van der Waals surface area contributed by atoms with E-state index in [1.807, 2.05) is 6.92 Å². The summed E-state index contributed by atoms with van der Waals surface area (Å²) in [6, 6.07) is 0. The fourth-order valence-corrected chi connectivity index (χ4v) is 10.1. The molecule has 10 heteroatoms. The first-order chi connectivity index (χ1) is 12.8. The number of β-lactam (4-membered cyclic amide) rings is 1. The molecule has 158 valence electrons. The Hall–Kier alpha value is -0.133. The molecule has 3 aliphatic heterocycles. The van der Waals surface area contributed by atoms with Crippen LogP contribution in [0.4, 0.5) is 0 Å². The van der Waals surface area contributed by atoms with Gasteiger partial charge in [0.1, 0.15) is 16.9 Å². The molecule has 3 aliphatic rings. The van der Waals surface area contributed by atoms with Gasteiger partial charge in [-0.1, -0.05) is 43.7 Å². The van der Waals surface area contributed by atoms with Crippen molar-refractivity contribution in [3.8, 4) is 0 Å². The minimum absolute atomic E-state index is 0.0418. The maximum atomic E-state index is 12.9. The van der Waals surface area contributed by atoms with Crippen LogP contribution in [0.5, 0.6) is 0 Å². The lowest BCUT2D eigenvalue weighted by atomic mass is 9.92. The Balaban J connectivity index is 1.73. The normalized spacial score (nSPS) is 31.8. The zero-order valence-corrected chi connectivity index (χ0v) is 20.6. The molecule has 1 amide bonds. The molecule has 0 saturated carbocycles. The van der Waals surface area contributed by atoms with E-state index in [-0.39, 0.29) is 39.3 Å². The lowest BCUT2D eigenvalue weighted by molar-refractivity contribution is -0.156. The maximum Gasteiger partial charge on any atom is 0.354 e. The van der Waals surface area contributed by atoms with E-state index >= 15 is 0 Å². The zero-order valence-electron chi connectivity index (χ0n) is 17.2. The van der Waals surface area contributed by atoms with Crippen LogP contribution in [-0.4, -0.2) is 63.0 Å². The van der Waals surface area contributed by atoms with Crippen LogP contribution in [0, 0.1) is 5.92 Å². The highest BCUT2D eigenvalue weighted by atomic mass is 32.2. The summed E-state index contributed by atoms with van der Waals surface area (Å²) in [5.74, 6) is -0.295. The Labute approximate surface area is 179 Å². The number of carbonyl (C=O) groups is 2. The third kappa shape index (κ3) is 4.05. The smallest absolute Gasteiger partial charge is 0.354 e. The van der Waals surface area contributed by atoms with Gasteiger partial charge in [0, 0.05) is 6.42 Å². The summed E-state index contributed by atoms with van der Waals surface area (Å²) in [7, 11) is -2.03. The van der Waals surface area contributed by atoms with E-state index < -0.39 is 25.5 Å². The van der Waals surface area contributed by atoms with Crippen molar-refractivity contribution in [2.75, 3.05) is 11.5 Å². The molecule has 28 heavy (non-hydrogen) atoms. The van der Waals surface area contributed by atoms with Gasteiger partial charge in [0.25, 0.3) is 0 Å². The van der Waals surface area contributed by atoms with Gasteiger partial charge < -0.3 is 14.1 Å². The second-order valence-electron chi connectivity index (χ2n) is 9.11. The van der Waals surface area contributed by atoms with Gasteiger partial charge in [-0.25, -0.2) is 4.79 Å². The number of aliphatic carboxylic acids is 1. The lowest BCUT2D eigenvalue weighted by Crippen LogP contribution is -2.62. The number of amides is 1. The van der Waals surface area contributed by atoms with Crippen molar-refractivity contribution in [1.82, 2.24) is 4.90 Å². The Morgan fingerprint density at radius 1 is 1.46 bits per heavy atom. The van der Waals surface area contributed by atoms with Gasteiger partial charge in [-0.3, -0.25) is 9.69 Å². The second kappa shape index (κ2) is 7.85. The predicted octanol–water partition coefficient (Wildman–Crippen LogP) is 3.44. The second-order valence-corrected chi connectivity index (χ2v) is 18.2. The molecule has 0 radical (unpaired) electrons. The average Bonchev–Trinajstić information content (AvgIpc) is 3.07. The minimum Gasteiger partial charge on any atom is -0.616 e. The Kier molecular flexibility index (Phi) is 6.32. The molecule has 2 saturated heterocycles. The van der Waals surface area contributed by atoms with E-state index in [9.17, 15) is 19.2 Å². The van der Waals surface area contributed by atoms with Crippen LogP contribution in [0.15, 0.2) is 9.93 Å². The van der Waals surface area contributed by atoms with Crippen molar-refractivity contribution in [3.05, 3.63) is 9.93 Å². The zero-order chi connectivity index (χ0) is 21.0. The molecule has 2 fully saturated rings. The van der Waals surface area contributed by atoms with Crippen LogP contribution in [0.2, 0.25) is 18.1 Å². The maximum absolute atomic E-state index is 12.9. The number of rotatable bonds is 6. The Morgan fingerprint density at radius 3 is 2.61 bits per heavy atom. The van der Waals surface area contributed by atoms with E-state index in [1.165, 1.54) is 28.4 Å². The first kappa shape index (κ1) is 22.5. The minimum atomic E-state index is -2.03. The van der Waals surface area contributed by atoms with E-state index in [2.05, 4.69) is 33.9 Å². The van der Waals surface area contributed by atoms with Crippen LogP contribution >= 0.6 is 23.5 Å². The first-order valence-corrected chi connectivity index (χ1v) is 15.7. The Bertz CT molecular complexity index is 708. The van der Waals surface area contributed by atoms with E-state index in [1.54, 1.807) is 0 Å². The molecule has 0 aromatic carbocycles. The van der Waals surface area contributed by atoms with Gasteiger partial charge in [0.05, 0.1) is 21.5 Å². The number of hydrogen-bond donors (Lipinski definition) is 1. The fraction of sp³-hybridized carbons (Fsp3) is 0.778. The molecule has 1 N–H and O–H groups in total. The van der Waals surface area contributed by atoms with Gasteiger partial charge in [-0.15, -0.1) is 11.8 Å². The number of thioether (sulfide) groups is 2. The molecule has 0 unspecified atom stereocenters. The highest BCUT2D eigenvalue weighted by molar-refractivity contribution is 8.23. The summed E-state index contributed by atoms with van der Waals surface area (Å²) in [4.78, 5) is 26.2. The van der Waals surface area contributed by atoms with Crippen LogP contribution in [0.1, 0.15) is 34.1 Å². The number of nitrogens with zero attached hydrogens (tertiary/aromatic N) is 1. The monoisotopic (exact) mass is 463 g/mol. The summed E-state index contributed by atoms with van der Waals surface area (Å²) >= 11 is 2.13. The molecule has 0 spiro atoms.